The lowest BCUT2D eigenvalue weighted by atomic mass is 10.1. The van der Waals surface area contributed by atoms with Gasteiger partial charge in [-0.25, -0.2) is 4.98 Å². The van der Waals surface area contributed by atoms with Crippen LogP contribution in [0.2, 0.25) is 0 Å². The number of para-hydroxylation sites is 2. The van der Waals surface area contributed by atoms with Gasteiger partial charge in [-0.1, -0.05) is 12.1 Å². The number of ether oxygens (including phenoxy) is 1. The minimum atomic E-state index is 0.112. The lowest BCUT2D eigenvalue weighted by Crippen LogP contribution is -2.24. The highest BCUT2D eigenvalue weighted by Crippen LogP contribution is 2.33. The van der Waals surface area contributed by atoms with Crippen molar-refractivity contribution in [1.82, 2.24) is 9.55 Å². The molecule has 134 valence electrons. The molecule has 1 aliphatic heterocycles. The third-order valence-corrected chi connectivity index (χ3v) is 4.95. The fourth-order valence-electron chi connectivity index (χ4n) is 3.76. The van der Waals surface area contributed by atoms with E-state index in [-0.39, 0.29) is 11.8 Å². The summed E-state index contributed by atoms with van der Waals surface area (Å²) in [7, 11) is 0. The predicted octanol–water partition coefficient (Wildman–Crippen LogP) is 3.98. The summed E-state index contributed by atoms with van der Waals surface area (Å²) in [6.07, 6.45) is 0.497. The lowest BCUT2D eigenvalue weighted by molar-refractivity contribution is -0.117. The molecular weight excluding hydrogens is 326 g/mol. The van der Waals surface area contributed by atoms with Gasteiger partial charge in [0, 0.05) is 31.1 Å². The average Bonchev–Trinajstić information content (AvgIpc) is 3.23. The molecule has 0 radical (unpaired) electrons. The molecule has 1 aliphatic rings. The first-order valence-corrected chi connectivity index (χ1v) is 9.19. The van der Waals surface area contributed by atoms with Crippen LogP contribution in [0.4, 0.5) is 5.69 Å². The number of aryl methyl sites for hydroxylation is 1. The van der Waals surface area contributed by atoms with Gasteiger partial charge in [-0.15, -0.1) is 0 Å². The Hall–Kier alpha value is -2.82. The molecule has 2 aromatic carbocycles. The highest BCUT2D eigenvalue weighted by Gasteiger charge is 2.34. The number of hydrogen-bond donors (Lipinski definition) is 0. The van der Waals surface area contributed by atoms with Crippen molar-refractivity contribution < 1.29 is 9.53 Å². The van der Waals surface area contributed by atoms with Gasteiger partial charge in [0.1, 0.15) is 11.6 Å². The largest absolute Gasteiger partial charge is 0.494 e. The molecule has 0 aliphatic carbocycles. The number of hydrogen-bond acceptors (Lipinski definition) is 3. The van der Waals surface area contributed by atoms with Crippen LogP contribution in [0.1, 0.15) is 32.0 Å². The summed E-state index contributed by atoms with van der Waals surface area (Å²) >= 11 is 0. The van der Waals surface area contributed by atoms with Crippen LogP contribution in [-0.4, -0.2) is 28.6 Å². The molecular formula is C21H23N3O2. The van der Waals surface area contributed by atoms with E-state index in [1.807, 2.05) is 54.3 Å². The highest BCUT2D eigenvalue weighted by molar-refractivity contribution is 5.96. The quantitative estimate of drug-likeness (QED) is 0.700. The third-order valence-electron chi connectivity index (χ3n) is 4.95. The number of carbonyl (C=O) groups is 1. The Morgan fingerprint density at radius 2 is 1.88 bits per heavy atom. The summed E-state index contributed by atoms with van der Waals surface area (Å²) in [5.41, 5.74) is 3.05. The maximum absolute atomic E-state index is 12.6. The first-order chi connectivity index (χ1) is 12.7. The molecule has 1 aromatic heterocycles. The van der Waals surface area contributed by atoms with Crippen LogP contribution in [0.5, 0.6) is 5.75 Å². The van der Waals surface area contributed by atoms with E-state index < -0.39 is 0 Å². The molecule has 26 heavy (non-hydrogen) atoms. The molecule has 1 atom stereocenters. The fraction of sp³-hybridized carbons (Fsp3) is 0.333. The molecule has 1 fully saturated rings. The zero-order valence-electron chi connectivity index (χ0n) is 15.2. The minimum Gasteiger partial charge on any atom is -0.494 e. The number of rotatable bonds is 5. The van der Waals surface area contributed by atoms with E-state index in [2.05, 4.69) is 17.6 Å². The van der Waals surface area contributed by atoms with Gasteiger partial charge in [-0.3, -0.25) is 4.79 Å². The number of anilines is 1. The van der Waals surface area contributed by atoms with E-state index in [0.717, 1.165) is 34.8 Å². The normalized spacial score (nSPS) is 17.2. The smallest absolute Gasteiger partial charge is 0.227 e. The van der Waals surface area contributed by atoms with Crippen molar-refractivity contribution in [2.45, 2.75) is 32.7 Å². The number of fused-ring (bicyclic) bond motifs is 1. The molecule has 1 unspecified atom stereocenters. The Labute approximate surface area is 153 Å². The number of nitrogens with zero attached hydrogens (tertiary/aromatic N) is 3. The molecule has 5 heteroatoms. The van der Waals surface area contributed by atoms with E-state index in [0.29, 0.717) is 19.6 Å². The van der Waals surface area contributed by atoms with Crippen LogP contribution in [0.25, 0.3) is 11.0 Å². The standard InChI is InChI=1S/C21H23N3O2/c1-3-23-19-8-6-5-7-18(19)22-21(23)15-13-20(25)24(14-15)16-9-11-17(12-10-16)26-4-2/h5-12,15H,3-4,13-14H2,1-2H3. The minimum absolute atomic E-state index is 0.112. The summed E-state index contributed by atoms with van der Waals surface area (Å²) in [5, 5.41) is 0. The van der Waals surface area contributed by atoms with Gasteiger partial charge >= 0.3 is 0 Å². The van der Waals surface area contributed by atoms with Gasteiger partial charge in [-0.2, -0.15) is 0 Å². The monoisotopic (exact) mass is 349 g/mol. The van der Waals surface area contributed by atoms with Crippen molar-refractivity contribution in [1.29, 1.82) is 0 Å². The topological polar surface area (TPSA) is 47.4 Å². The summed E-state index contributed by atoms with van der Waals surface area (Å²) in [5.74, 6) is 2.10. The van der Waals surface area contributed by atoms with Crippen molar-refractivity contribution >= 4 is 22.6 Å². The van der Waals surface area contributed by atoms with Crippen molar-refractivity contribution in [3.8, 4) is 5.75 Å². The van der Waals surface area contributed by atoms with Crippen molar-refractivity contribution in [2.24, 2.45) is 0 Å². The summed E-state index contributed by atoms with van der Waals surface area (Å²) in [4.78, 5) is 19.3. The van der Waals surface area contributed by atoms with E-state index in [4.69, 9.17) is 9.72 Å². The Morgan fingerprint density at radius 1 is 1.12 bits per heavy atom. The number of aromatic nitrogens is 2. The van der Waals surface area contributed by atoms with Gasteiger partial charge in [-0.05, 0) is 50.2 Å². The van der Waals surface area contributed by atoms with Gasteiger partial charge in [0.05, 0.1) is 17.6 Å². The maximum atomic E-state index is 12.6. The number of amides is 1. The highest BCUT2D eigenvalue weighted by atomic mass is 16.5. The van der Waals surface area contributed by atoms with Gasteiger partial charge in [0.15, 0.2) is 0 Å². The van der Waals surface area contributed by atoms with Crippen molar-refractivity contribution in [2.75, 3.05) is 18.1 Å². The molecule has 1 amide bonds. The van der Waals surface area contributed by atoms with E-state index >= 15 is 0 Å². The zero-order chi connectivity index (χ0) is 18.1. The Kier molecular flexibility index (Phi) is 4.37. The van der Waals surface area contributed by atoms with Crippen LogP contribution in [-0.2, 0) is 11.3 Å². The number of carbonyl (C=O) groups excluding carboxylic acids is 1. The molecule has 0 N–H and O–H groups in total. The molecule has 4 rings (SSSR count). The second kappa shape index (κ2) is 6.83. The molecule has 3 aromatic rings. The van der Waals surface area contributed by atoms with E-state index in [9.17, 15) is 4.79 Å². The van der Waals surface area contributed by atoms with Crippen LogP contribution < -0.4 is 9.64 Å². The second-order valence-electron chi connectivity index (χ2n) is 6.54. The van der Waals surface area contributed by atoms with E-state index in [1.54, 1.807) is 0 Å². The molecule has 2 heterocycles. The number of imidazole rings is 1. The van der Waals surface area contributed by atoms with Crippen molar-refractivity contribution in [3.63, 3.8) is 0 Å². The van der Waals surface area contributed by atoms with Crippen molar-refractivity contribution in [3.05, 3.63) is 54.4 Å². The summed E-state index contributed by atoms with van der Waals surface area (Å²) in [6.45, 7) is 6.23. The average molecular weight is 349 g/mol. The first kappa shape index (κ1) is 16.6. The van der Waals surface area contributed by atoms with Gasteiger partial charge in [0.2, 0.25) is 5.91 Å². The SMILES string of the molecule is CCOc1ccc(N2CC(c3nc4ccccc4n3CC)CC2=O)cc1. The summed E-state index contributed by atoms with van der Waals surface area (Å²) in [6, 6.07) is 15.9. The lowest BCUT2D eigenvalue weighted by Gasteiger charge is -2.17. The molecule has 0 bridgehead atoms. The van der Waals surface area contributed by atoms with Crippen LogP contribution in [0, 0.1) is 0 Å². The molecule has 5 nitrogen and oxygen atoms in total. The van der Waals surface area contributed by atoms with Crippen LogP contribution in [0.3, 0.4) is 0 Å². The fourth-order valence-corrected chi connectivity index (χ4v) is 3.76. The van der Waals surface area contributed by atoms with Gasteiger partial charge < -0.3 is 14.2 Å². The first-order valence-electron chi connectivity index (χ1n) is 9.19. The van der Waals surface area contributed by atoms with Crippen LogP contribution in [0.15, 0.2) is 48.5 Å². The maximum Gasteiger partial charge on any atom is 0.227 e. The zero-order valence-corrected chi connectivity index (χ0v) is 15.2. The second-order valence-corrected chi connectivity index (χ2v) is 6.54. The Morgan fingerprint density at radius 3 is 2.62 bits per heavy atom. The molecule has 0 spiro atoms. The molecule has 1 saturated heterocycles. The number of benzene rings is 2. The summed E-state index contributed by atoms with van der Waals surface area (Å²) < 4.78 is 7.72. The Bertz CT molecular complexity index is 930. The third kappa shape index (κ3) is 2.83. The Balaban J connectivity index is 1.62. The molecule has 0 saturated carbocycles. The van der Waals surface area contributed by atoms with Crippen LogP contribution >= 0.6 is 0 Å². The predicted molar refractivity (Wildman–Crippen MR) is 103 cm³/mol. The van der Waals surface area contributed by atoms with E-state index in [1.165, 1.54) is 0 Å². The van der Waals surface area contributed by atoms with Gasteiger partial charge in [0.25, 0.3) is 0 Å².